The summed E-state index contributed by atoms with van der Waals surface area (Å²) in [5, 5.41) is 1.09. The van der Waals surface area contributed by atoms with Gasteiger partial charge in [-0.2, -0.15) is 0 Å². The normalized spacial score (nSPS) is 9.38. The summed E-state index contributed by atoms with van der Waals surface area (Å²) in [4.78, 5) is 10.2. The lowest BCUT2D eigenvalue weighted by molar-refractivity contribution is -0.118. The molecule has 0 aliphatic carbocycles. The second-order valence-electron chi connectivity index (χ2n) is 2.63. The second-order valence-corrected chi connectivity index (χ2v) is 2.63. The fraction of sp³-hybridized carbons (Fsp3) is 0.222. The Kier molecular flexibility index (Phi) is 3.28. The summed E-state index contributed by atoms with van der Waals surface area (Å²) >= 11 is 0. The molecule has 1 aromatic carbocycles. The van der Waals surface area contributed by atoms with E-state index in [1.807, 2.05) is 24.3 Å². The quantitative estimate of drug-likeness (QED) is 0.318. The molecule has 0 aromatic heterocycles. The van der Waals surface area contributed by atoms with Gasteiger partial charge in [0, 0.05) is 0 Å². The van der Waals surface area contributed by atoms with Crippen molar-refractivity contribution in [2.24, 2.45) is 5.84 Å². The van der Waals surface area contributed by atoms with Crippen LogP contribution < -0.4 is 10.6 Å². The number of hydrogen-bond acceptors (Lipinski definition) is 3. The van der Waals surface area contributed by atoms with Crippen LogP contribution in [0.3, 0.4) is 0 Å². The highest BCUT2D eigenvalue weighted by molar-refractivity contribution is 5.46. The van der Waals surface area contributed by atoms with E-state index < -0.39 is 0 Å². The molecule has 0 spiro atoms. The van der Waals surface area contributed by atoms with E-state index in [-0.39, 0.29) is 0 Å². The number of carbonyl (C=O) groups excluding carboxylic acids is 1. The fourth-order valence-electron chi connectivity index (χ4n) is 0.979. The number of ether oxygens (including phenoxy) is 1. The highest BCUT2D eigenvalue weighted by Crippen LogP contribution is 2.11. The number of nitrogens with two attached hydrogens (primary N) is 1. The first-order chi connectivity index (χ1) is 6.26. The van der Waals surface area contributed by atoms with Crippen LogP contribution in [0.4, 0.5) is 0 Å². The van der Waals surface area contributed by atoms with Gasteiger partial charge in [-0.3, -0.25) is 9.80 Å². The Hall–Kier alpha value is -1.55. The van der Waals surface area contributed by atoms with Crippen LogP contribution in [0, 0.1) is 0 Å². The predicted molar refractivity (Wildman–Crippen MR) is 48.8 cm³/mol. The molecular weight excluding hydrogens is 168 g/mol. The molecular formula is C9H12N2O2. The summed E-state index contributed by atoms with van der Waals surface area (Å²) in [5.74, 6) is 6.10. The second kappa shape index (κ2) is 4.47. The third kappa shape index (κ3) is 2.76. The molecule has 0 fully saturated rings. The van der Waals surface area contributed by atoms with Gasteiger partial charge in [-0.15, -0.1) is 0 Å². The molecule has 0 saturated carbocycles. The van der Waals surface area contributed by atoms with Gasteiger partial charge in [-0.25, -0.2) is 5.84 Å². The minimum atomic E-state index is 0.410. The SMILES string of the molecule is COc1ccc(CN(N)C=O)cc1. The Morgan fingerprint density at radius 2 is 2.08 bits per heavy atom. The van der Waals surface area contributed by atoms with Gasteiger partial charge in [-0.05, 0) is 17.7 Å². The minimum absolute atomic E-state index is 0.410. The lowest BCUT2D eigenvalue weighted by Crippen LogP contribution is -2.28. The maximum absolute atomic E-state index is 10.2. The first-order valence-corrected chi connectivity index (χ1v) is 3.86. The third-order valence-corrected chi connectivity index (χ3v) is 1.66. The Bertz CT molecular complexity index is 271. The third-order valence-electron chi connectivity index (χ3n) is 1.66. The van der Waals surface area contributed by atoms with Gasteiger partial charge in [0.1, 0.15) is 5.75 Å². The smallest absolute Gasteiger partial charge is 0.223 e. The Morgan fingerprint density at radius 1 is 1.46 bits per heavy atom. The monoisotopic (exact) mass is 180 g/mol. The Balaban J connectivity index is 2.63. The Labute approximate surface area is 76.9 Å². The van der Waals surface area contributed by atoms with Crippen molar-refractivity contribution < 1.29 is 9.53 Å². The van der Waals surface area contributed by atoms with Crippen molar-refractivity contribution in [2.45, 2.75) is 6.54 Å². The van der Waals surface area contributed by atoms with Crippen LogP contribution in [0.2, 0.25) is 0 Å². The number of hydrogen-bond donors (Lipinski definition) is 1. The summed E-state index contributed by atoms with van der Waals surface area (Å²) in [5.41, 5.74) is 0.968. The highest BCUT2D eigenvalue weighted by atomic mass is 16.5. The zero-order valence-corrected chi connectivity index (χ0v) is 7.43. The number of methoxy groups -OCH3 is 1. The Morgan fingerprint density at radius 3 is 2.54 bits per heavy atom. The number of nitrogens with zero attached hydrogens (tertiary/aromatic N) is 1. The molecule has 1 rings (SSSR count). The molecule has 0 aliphatic rings. The summed E-state index contributed by atoms with van der Waals surface area (Å²) in [6.45, 7) is 0.410. The van der Waals surface area contributed by atoms with E-state index in [0.29, 0.717) is 13.0 Å². The molecule has 0 radical (unpaired) electrons. The summed E-state index contributed by atoms with van der Waals surface area (Å²) in [7, 11) is 1.61. The zero-order chi connectivity index (χ0) is 9.68. The number of benzene rings is 1. The molecule has 1 amide bonds. The van der Waals surface area contributed by atoms with Gasteiger partial charge >= 0.3 is 0 Å². The van der Waals surface area contributed by atoms with Crippen molar-refractivity contribution >= 4 is 6.41 Å². The van der Waals surface area contributed by atoms with Crippen molar-refractivity contribution in [2.75, 3.05) is 7.11 Å². The van der Waals surface area contributed by atoms with Crippen molar-refractivity contribution in [3.8, 4) is 5.75 Å². The average molecular weight is 180 g/mol. The van der Waals surface area contributed by atoms with Gasteiger partial charge in [0.05, 0.1) is 13.7 Å². The van der Waals surface area contributed by atoms with Crippen molar-refractivity contribution in [1.29, 1.82) is 0 Å². The molecule has 13 heavy (non-hydrogen) atoms. The van der Waals surface area contributed by atoms with Gasteiger partial charge in [0.25, 0.3) is 0 Å². The van der Waals surface area contributed by atoms with E-state index >= 15 is 0 Å². The van der Waals surface area contributed by atoms with Crippen LogP contribution in [0.25, 0.3) is 0 Å². The molecule has 4 heteroatoms. The predicted octanol–water partition coefficient (Wildman–Crippen LogP) is 0.527. The van der Waals surface area contributed by atoms with Gasteiger partial charge in [-0.1, -0.05) is 12.1 Å². The molecule has 0 saturated heterocycles. The number of carbonyl (C=O) groups is 1. The van der Waals surface area contributed by atoms with Gasteiger partial charge in [0.2, 0.25) is 6.41 Å². The van der Waals surface area contributed by atoms with Gasteiger partial charge in [0.15, 0.2) is 0 Å². The molecule has 2 N–H and O–H groups in total. The molecule has 0 heterocycles. The van der Waals surface area contributed by atoms with E-state index in [2.05, 4.69) is 0 Å². The van der Waals surface area contributed by atoms with Crippen molar-refractivity contribution in [1.82, 2.24) is 5.01 Å². The topological polar surface area (TPSA) is 55.6 Å². The van der Waals surface area contributed by atoms with Crippen LogP contribution in [0.1, 0.15) is 5.56 Å². The number of hydrazine groups is 1. The zero-order valence-electron chi connectivity index (χ0n) is 7.43. The number of rotatable bonds is 4. The lowest BCUT2D eigenvalue weighted by atomic mass is 10.2. The molecule has 0 unspecified atom stereocenters. The van der Waals surface area contributed by atoms with Crippen LogP contribution in [0.15, 0.2) is 24.3 Å². The van der Waals surface area contributed by atoms with E-state index in [1.54, 1.807) is 7.11 Å². The summed E-state index contributed by atoms with van der Waals surface area (Å²) < 4.78 is 4.99. The standard InChI is InChI=1S/C9H12N2O2/c1-13-9-4-2-8(3-5-9)6-11(10)7-12/h2-5,7H,6,10H2,1H3. The number of amides is 1. The van der Waals surface area contributed by atoms with Crippen LogP contribution >= 0.6 is 0 Å². The first kappa shape index (κ1) is 9.54. The average Bonchev–Trinajstić information content (AvgIpc) is 2.19. The van der Waals surface area contributed by atoms with Crippen molar-refractivity contribution in [3.63, 3.8) is 0 Å². The molecule has 0 aliphatic heterocycles. The highest BCUT2D eigenvalue weighted by Gasteiger charge is 1.97. The van der Waals surface area contributed by atoms with Crippen molar-refractivity contribution in [3.05, 3.63) is 29.8 Å². The van der Waals surface area contributed by atoms with Crippen LogP contribution in [-0.4, -0.2) is 18.5 Å². The molecule has 70 valence electrons. The van der Waals surface area contributed by atoms with E-state index in [4.69, 9.17) is 10.6 Å². The first-order valence-electron chi connectivity index (χ1n) is 3.86. The molecule has 4 nitrogen and oxygen atoms in total. The minimum Gasteiger partial charge on any atom is -0.497 e. The molecule has 1 aromatic rings. The van der Waals surface area contributed by atoms with Gasteiger partial charge < -0.3 is 4.74 Å². The van der Waals surface area contributed by atoms with E-state index in [0.717, 1.165) is 16.3 Å². The lowest BCUT2D eigenvalue weighted by Gasteiger charge is -2.09. The maximum atomic E-state index is 10.2. The van der Waals surface area contributed by atoms with Crippen LogP contribution in [0.5, 0.6) is 5.75 Å². The van der Waals surface area contributed by atoms with Crippen LogP contribution in [-0.2, 0) is 11.3 Å². The fourth-order valence-corrected chi connectivity index (χ4v) is 0.979. The largest absolute Gasteiger partial charge is 0.497 e. The summed E-state index contributed by atoms with van der Waals surface area (Å²) in [6.07, 6.45) is 0.588. The van der Waals surface area contributed by atoms with E-state index in [9.17, 15) is 4.79 Å². The molecule has 0 atom stereocenters. The maximum Gasteiger partial charge on any atom is 0.223 e. The van der Waals surface area contributed by atoms with E-state index in [1.165, 1.54) is 0 Å². The summed E-state index contributed by atoms with van der Waals surface area (Å²) in [6, 6.07) is 7.38. The molecule has 0 bridgehead atoms.